The molecule has 0 radical (unpaired) electrons. The quantitative estimate of drug-likeness (QED) is 0.838. The predicted octanol–water partition coefficient (Wildman–Crippen LogP) is 2.91. The maximum absolute atomic E-state index is 11.3. The Morgan fingerprint density at radius 2 is 2.00 bits per heavy atom. The van der Waals surface area contributed by atoms with E-state index < -0.39 is 5.97 Å². The van der Waals surface area contributed by atoms with E-state index in [-0.39, 0.29) is 5.56 Å². The molecule has 104 valence electrons. The van der Waals surface area contributed by atoms with Crippen molar-refractivity contribution in [3.63, 3.8) is 0 Å². The van der Waals surface area contributed by atoms with Crippen LogP contribution in [0.3, 0.4) is 0 Å². The second-order valence-electron chi connectivity index (χ2n) is 4.93. The number of aryl methyl sites for hydroxylation is 1. The average molecular weight is 270 g/mol. The second-order valence-corrected chi connectivity index (χ2v) is 4.93. The molecule has 0 saturated heterocycles. The summed E-state index contributed by atoms with van der Waals surface area (Å²) < 4.78 is 0. The van der Waals surface area contributed by atoms with Crippen LogP contribution in [0.2, 0.25) is 0 Å². The molecule has 0 aliphatic heterocycles. The number of hydrogen-bond donors (Lipinski definition) is 2. The molecule has 0 aromatic heterocycles. The largest absolute Gasteiger partial charge is 0.478 e. The van der Waals surface area contributed by atoms with Gasteiger partial charge in [0.2, 0.25) is 0 Å². The first-order chi connectivity index (χ1) is 9.47. The molecule has 0 aliphatic rings. The molecular formula is C16H18N2O2. The van der Waals surface area contributed by atoms with Gasteiger partial charge in [-0.1, -0.05) is 29.8 Å². The fourth-order valence-corrected chi connectivity index (χ4v) is 2.23. The molecule has 0 unspecified atom stereocenters. The zero-order valence-corrected chi connectivity index (χ0v) is 11.6. The van der Waals surface area contributed by atoms with Crippen molar-refractivity contribution >= 4 is 17.3 Å². The fraction of sp³-hybridized carbons (Fsp3) is 0.188. The number of hydrogen-bond acceptors (Lipinski definition) is 3. The highest BCUT2D eigenvalue weighted by atomic mass is 16.4. The molecule has 2 rings (SSSR count). The summed E-state index contributed by atoms with van der Waals surface area (Å²) >= 11 is 0. The molecule has 0 fully saturated rings. The van der Waals surface area contributed by atoms with Gasteiger partial charge in [-0.05, 0) is 30.7 Å². The van der Waals surface area contributed by atoms with Gasteiger partial charge in [0.05, 0.1) is 11.3 Å². The van der Waals surface area contributed by atoms with Gasteiger partial charge in [-0.25, -0.2) is 4.79 Å². The van der Waals surface area contributed by atoms with E-state index in [0.717, 1.165) is 5.56 Å². The van der Waals surface area contributed by atoms with E-state index in [1.54, 1.807) is 12.1 Å². The van der Waals surface area contributed by atoms with Crippen molar-refractivity contribution in [1.82, 2.24) is 0 Å². The summed E-state index contributed by atoms with van der Waals surface area (Å²) in [6.45, 7) is 2.68. The van der Waals surface area contributed by atoms with Crippen molar-refractivity contribution in [3.8, 4) is 0 Å². The Kier molecular flexibility index (Phi) is 3.94. The van der Waals surface area contributed by atoms with Gasteiger partial charge >= 0.3 is 5.97 Å². The lowest BCUT2D eigenvalue weighted by Gasteiger charge is -2.21. The van der Waals surface area contributed by atoms with E-state index in [9.17, 15) is 9.90 Å². The van der Waals surface area contributed by atoms with Crippen molar-refractivity contribution in [1.29, 1.82) is 0 Å². The van der Waals surface area contributed by atoms with Crippen LogP contribution in [0.15, 0.2) is 42.5 Å². The van der Waals surface area contributed by atoms with Crippen LogP contribution in [0.4, 0.5) is 11.4 Å². The third-order valence-corrected chi connectivity index (χ3v) is 3.16. The average Bonchev–Trinajstić information content (AvgIpc) is 2.38. The summed E-state index contributed by atoms with van der Waals surface area (Å²) in [6.07, 6.45) is 0. The van der Waals surface area contributed by atoms with Gasteiger partial charge in [0.1, 0.15) is 0 Å². The standard InChI is InChI=1S/C16H18N2O2/c1-11-4-3-5-12(8-11)10-18(2)15-7-6-13(17)9-14(15)16(19)20/h3-9H,10,17H2,1-2H3,(H,19,20). The highest BCUT2D eigenvalue weighted by Gasteiger charge is 2.14. The summed E-state index contributed by atoms with van der Waals surface area (Å²) in [5, 5.41) is 9.27. The van der Waals surface area contributed by atoms with E-state index in [2.05, 4.69) is 6.07 Å². The molecule has 0 atom stereocenters. The third-order valence-electron chi connectivity index (χ3n) is 3.16. The maximum atomic E-state index is 11.3. The number of carboxylic acid groups (broad SMARTS) is 1. The van der Waals surface area contributed by atoms with Crippen molar-refractivity contribution in [3.05, 3.63) is 59.2 Å². The van der Waals surface area contributed by atoms with Crippen LogP contribution in [-0.4, -0.2) is 18.1 Å². The maximum Gasteiger partial charge on any atom is 0.337 e. The van der Waals surface area contributed by atoms with Gasteiger partial charge in [0.25, 0.3) is 0 Å². The summed E-state index contributed by atoms with van der Waals surface area (Å²) in [4.78, 5) is 13.2. The summed E-state index contributed by atoms with van der Waals surface area (Å²) in [6, 6.07) is 13.1. The summed E-state index contributed by atoms with van der Waals surface area (Å²) in [5.41, 5.74) is 9.32. The van der Waals surface area contributed by atoms with Gasteiger partial charge in [-0.15, -0.1) is 0 Å². The van der Waals surface area contributed by atoms with Crippen LogP contribution in [0.25, 0.3) is 0 Å². The van der Waals surface area contributed by atoms with Crippen LogP contribution in [-0.2, 0) is 6.54 Å². The van der Waals surface area contributed by atoms with Crippen molar-refractivity contribution < 1.29 is 9.90 Å². The monoisotopic (exact) mass is 270 g/mol. The zero-order valence-electron chi connectivity index (χ0n) is 11.6. The Bertz CT molecular complexity index is 638. The van der Waals surface area contributed by atoms with Gasteiger partial charge < -0.3 is 15.7 Å². The molecule has 0 heterocycles. The number of carbonyl (C=O) groups is 1. The van der Waals surface area contributed by atoms with Crippen LogP contribution in [0, 0.1) is 6.92 Å². The third kappa shape index (κ3) is 3.09. The van der Waals surface area contributed by atoms with Gasteiger partial charge in [0, 0.05) is 19.3 Å². The molecule has 20 heavy (non-hydrogen) atoms. The Labute approximate surface area is 118 Å². The number of nitrogen functional groups attached to an aromatic ring is 1. The Morgan fingerprint density at radius 1 is 1.25 bits per heavy atom. The van der Waals surface area contributed by atoms with Crippen molar-refractivity contribution in [2.24, 2.45) is 0 Å². The second kappa shape index (κ2) is 5.65. The van der Waals surface area contributed by atoms with Crippen molar-refractivity contribution in [2.45, 2.75) is 13.5 Å². The highest BCUT2D eigenvalue weighted by molar-refractivity contribution is 5.95. The number of nitrogens with two attached hydrogens (primary N) is 1. The molecule has 3 N–H and O–H groups in total. The molecule has 2 aromatic carbocycles. The van der Waals surface area contributed by atoms with E-state index in [1.165, 1.54) is 11.6 Å². The molecule has 0 saturated carbocycles. The number of rotatable bonds is 4. The number of benzene rings is 2. The zero-order chi connectivity index (χ0) is 14.7. The number of aromatic carboxylic acids is 1. The molecule has 4 heteroatoms. The van der Waals surface area contributed by atoms with Gasteiger partial charge in [-0.3, -0.25) is 0 Å². The van der Waals surface area contributed by atoms with Crippen LogP contribution in [0.5, 0.6) is 0 Å². The normalized spacial score (nSPS) is 10.3. The highest BCUT2D eigenvalue weighted by Crippen LogP contribution is 2.24. The first-order valence-electron chi connectivity index (χ1n) is 6.37. The van der Waals surface area contributed by atoms with Crippen LogP contribution in [0.1, 0.15) is 21.5 Å². The van der Waals surface area contributed by atoms with E-state index >= 15 is 0 Å². The minimum atomic E-state index is -0.969. The Hall–Kier alpha value is -2.49. The molecule has 0 amide bonds. The number of carboxylic acids is 1. The number of nitrogens with zero attached hydrogens (tertiary/aromatic N) is 1. The van der Waals surface area contributed by atoms with Crippen LogP contribution < -0.4 is 10.6 Å². The molecule has 0 aliphatic carbocycles. The topological polar surface area (TPSA) is 66.6 Å². The molecular weight excluding hydrogens is 252 g/mol. The summed E-state index contributed by atoms with van der Waals surface area (Å²) in [7, 11) is 1.88. The van der Waals surface area contributed by atoms with E-state index in [0.29, 0.717) is 17.9 Å². The Balaban J connectivity index is 2.29. The molecule has 0 bridgehead atoms. The molecule has 2 aromatic rings. The molecule has 0 spiro atoms. The molecule has 4 nitrogen and oxygen atoms in total. The van der Waals surface area contributed by atoms with Gasteiger partial charge in [-0.2, -0.15) is 0 Å². The minimum Gasteiger partial charge on any atom is -0.478 e. The first-order valence-corrected chi connectivity index (χ1v) is 6.37. The summed E-state index contributed by atoms with van der Waals surface area (Å²) in [5.74, 6) is -0.969. The predicted molar refractivity (Wildman–Crippen MR) is 81.1 cm³/mol. The lowest BCUT2D eigenvalue weighted by atomic mass is 10.1. The van der Waals surface area contributed by atoms with E-state index in [1.807, 2.05) is 37.1 Å². The fourth-order valence-electron chi connectivity index (χ4n) is 2.23. The van der Waals surface area contributed by atoms with Crippen molar-refractivity contribution in [2.75, 3.05) is 17.7 Å². The Morgan fingerprint density at radius 3 is 2.65 bits per heavy atom. The smallest absolute Gasteiger partial charge is 0.337 e. The number of anilines is 2. The van der Waals surface area contributed by atoms with Crippen LogP contribution >= 0.6 is 0 Å². The van der Waals surface area contributed by atoms with Gasteiger partial charge in [0.15, 0.2) is 0 Å². The lowest BCUT2D eigenvalue weighted by molar-refractivity contribution is 0.0697. The lowest BCUT2D eigenvalue weighted by Crippen LogP contribution is -2.19. The van der Waals surface area contributed by atoms with E-state index in [4.69, 9.17) is 5.73 Å². The minimum absolute atomic E-state index is 0.222. The first kappa shape index (κ1) is 13.9. The SMILES string of the molecule is Cc1cccc(CN(C)c2ccc(N)cc2C(=O)O)c1.